The van der Waals surface area contributed by atoms with Gasteiger partial charge >= 0.3 is 6.03 Å². The van der Waals surface area contributed by atoms with E-state index in [9.17, 15) is 18.4 Å². The average Bonchev–Trinajstić information content (AvgIpc) is 3.10. The second kappa shape index (κ2) is 7.79. The van der Waals surface area contributed by atoms with Gasteiger partial charge in [0, 0.05) is 44.0 Å². The molecule has 0 N–H and O–H groups in total. The van der Waals surface area contributed by atoms with E-state index in [1.165, 1.54) is 4.90 Å². The molecule has 0 radical (unpaired) electrons. The highest BCUT2D eigenvalue weighted by Gasteiger charge is 2.39. The number of urea groups is 1. The van der Waals surface area contributed by atoms with E-state index in [4.69, 9.17) is 4.52 Å². The maximum atomic E-state index is 13.4. The number of aromatic nitrogens is 1. The van der Waals surface area contributed by atoms with Gasteiger partial charge in [0.05, 0.1) is 18.2 Å². The number of carbonyl (C=O) groups excluding carboxylic acids is 2. The van der Waals surface area contributed by atoms with Crippen LogP contribution >= 0.6 is 0 Å². The molecule has 0 aromatic carbocycles. The van der Waals surface area contributed by atoms with Crippen LogP contribution in [0.3, 0.4) is 0 Å². The molecule has 2 amide bonds. The third-order valence-electron chi connectivity index (χ3n) is 5.54. The van der Waals surface area contributed by atoms with E-state index in [0.717, 1.165) is 12.8 Å². The highest BCUT2D eigenvalue weighted by atomic mass is 19.3. The molecule has 0 aliphatic carbocycles. The van der Waals surface area contributed by atoms with Crippen molar-refractivity contribution >= 4 is 11.8 Å². The molecular formula is C20H29F2N3O3. The molecule has 1 aromatic rings. The van der Waals surface area contributed by atoms with Crippen molar-refractivity contribution in [3.05, 3.63) is 17.5 Å². The Kier molecular flexibility index (Phi) is 5.77. The Morgan fingerprint density at radius 3 is 2.50 bits per heavy atom. The lowest BCUT2D eigenvalue weighted by Gasteiger charge is -2.40. The summed E-state index contributed by atoms with van der Waals surface area (Å²) in [6.07, 6.45) is 1.74. The first kappa shape index (κ1) is 20.7. The Hall–Kier alpha value is -1.99. The lowest BCUT2D eigenvalue weighted by Crippen LogP contribution is -2.55. The second-order valence-corrected chi connectivity index (χ2v) is 8.91. The zero-order chi connectivity index (χ0) is 20.5. The van der Waals surface area contributed by atoms with Crippen LogP contribution in [0.1, 0.15) is 64.3 Å². The Labute approximate surface area is 164 Å². The molecule has 0 unspecified atom stereocenters. The summed E-state index contributed by atoms with van der Waals surface area (Å²) in [6, 6.07) is 0.960. The van der Waals surface area contributed by atoms with Crippen LogP contribution in [-0.2, 0) is 16.6 Å². The summed E-state index contributed by atoms with van der Waals surface area (Å²) < 4.78 is 32.1. The van der Waals surface area contributed by atoms with E-state index >= 15 is 0 Å². The first-order valence-electron chi connectivity index (χ1n) is 9.99. The molecule has 3 rings (SSSR count). The summed E-state index contributed by atoms with van der Waals surface area (Å²) in [4.78, 5) is 28.8. The predicted octanol–water partition coefficient (Wildman–Crippen LogP) is 3.79. The number of amides is 2. The standard InChI is InChI=1S/C20H29F2N3O3/c1-19(2,3)17-13-14(23-28-17)12-16(26)15-6-4-5-9-25(15)18(27)24-10-7-20(21,22)8-11-24/h13,15H,4-12H2,1-3H3/t15-/m0/s1. The van der Waals surface area contributed by atoms with Crippen LogP contribution in [0.5, 0.6) is 0 Å². The number of hydrogen-bond acceptors (Lipinski definition) is 4. The first-order valence-corrected chi connectivity index (χ1v) is 9.99. The quantitative estimate of drug-likeness (QED) is 0.778. The summed E-state index contributed by atoms with van der Waals surface area (Å²) in [5.74, 6) is -2.07. The van der Waals surface area contributed by atoms with Gasteiger partial charge in [0.15, 0.2) is 5.78 Å². The number of carbonyl (C=O) groups is 2. The number of nitrogens with zero attached hydrogens (tertiary/aromatic N) is 3. The molecule has 8 heteroatoms. The lowest BCUT2D eigenvalue weighted by molar-refractivity contribution is -0.124. The normalized spacial score (nSPS) is 23.0. The number of halogens is 2. The maximum Gasteiger partial charge on any atom is 0.320 e. The van der Waals surface area contributed by atoms with Crippen molar-refractivity contribution in [2.24, 2.45) is 0 Å². The molecule has 2 fully saturated rings. The van der Waals surface area contributed by atoms with Crippen molar-refractivity contribution in [1.82, 2.24) is 15.0 Å². The third-order valence-corrected chi connectivity index (χ3v) is 5.54. The van der Waals surface area contributed by atoms with Crippen LogP contribution in [0.15, 0.2) is 10.6 Å². The molecule has 2 aliphatic heterocycles. The lowest BCUT2D eigenvalue weighted by atomic mass is 9.92. The molecule has 1 aromatic heterocycles. The van der Waals surface area contributed by atoms with Gasteiger partial charge in [-0.25, -0.2) is 13.6 Å². The Morgan fingerprint density at radius 1 is 1.21 bits per heavy atom. The Bertz CT molecular complexity index is 717. The molecular weight excluding hydrogens is 368 g/mol. The highest BCUT2D eigenvalue weighted by Crippen LogP contribution is 2.30. The summed E-state index contributed by atoms with van der Waals surface area (Å²) in [7, 11) is 0. The summed E-state index contributed by atoms with van der Waals surface area (Å²) in [5.41, 5.74) is 0.364. The van der Waals surface area contributed by atoms with Gasteiger partial charge in [0.25, 0.3) is 5.92 Å². The Morgan fingerprint density at radius 2 is 1.89 bits per heavy atom. The average molecular weight is 397 g/mol. The summed E-state index contributed by atoms with van der Waals surface area (Å²) in [6.45, 7) is 6.55. The van der Waals surface area contributed by atoms with E-state index in [-0.39, 0.29) is 49.6 Å². The topological polar surface area (TPSA) is 66.7 Å². The van der Waals surface area contributed by atoms with Crippen LogP contribution in [0.4, 0.5) is 13.6 Å². The SMILES string of the molecule is CC(C)(C)c1cc(CC(=O)[C@@H]2CCCCN2C(=O)N2CCC(F)(F)CC2)no1. The molecule has 0 saturated carbocycles. The van der Waals surface area contributed by atoms with E-state index < -0.39 is 12.0 Å². The maximum absolute atomic E-state index is 13.4. The fraction of sp³-hybridized carbons (Fsp3) is 0.750. The largest absolute Gasteiger partial charge is 0.361 e. The van der Waals surface area contributed by atoms with Crippen molar-refractivity contribution in [2.45, 2.75) is 76.7 Å². The van der Waals surface area contributed by atoms with Gasteiger partial charge in [-0.1, -0.05) is 25.9 Å². The molecule has 6 nitrogen and oxygen atoms in total. The van der Waals surface area contributed by atoms with Crippen LogP contribution in [0.25, 0.3) is 0 Å². The van der Waals surface area contributed by atoms with Crippen LogP contribution in [0, 0.1) is 0 Å². The van der Waals surface area contributed by atoms with E-state index in [2.05, 4.69) is 5.16 Å². The van der Waals surface area contributed by atoms with E-state index in [0.29, 0.717) is 24.4 Å². The van der Waals surface area contributed by atoms with Gasteiger partial charge in [0.2, 0.25) is 0 Å². The molecule has 3 heterocycles. The minimum atomic E-state index is -2.70. The van der Waals surface area contributed by atoms with Crippen molar-refractivity contribution in [3.8, 4) is 0 Å². The molecule has 0 spiro atoms. The van der Waals surface area contributed by atoms with Crippen LogP contribution < -0.4 is 0 Å². The van der Waals surface area contributed by atoms with Crippen molar-refractivity contribution in [1.29, 1.82) is 0 Å². The minimum Gasteiger partial charge on any atom is -0.361 e. The molecule has 0 bridgehead atoms. The van der Waals surface area contributed by atoms with Crippen LogP contribution in [0.2, 0.25) is 0 Å². The molecule has 1 atom stereocenters. The number of likely N-dealkylation sites (tertiary alicyclic amines) is 2. The number of ketones is 1. The zero-order valence-corrected chi connectivity index (χ0v) is 16.8. The Balaban J connectivity index is 1.66. The van der Waals surface area contributed by atoms with Gasteiger partial charge < -0.3 is 14.3 Å². The van der Waals surface area contributed by atoms with Gasteiger partial charge in [-0.3, -0.25) is 4.79 Å². The molecule has 2 aliphatic rings. The van der Waals surface area contributed by atoms with Crippen molar-refractivity contribution in [2.75, 3.05) is 19.6 Å². The van der Waals surface area contributed by atoms with Crippen molar-refractivity contribution < 1.29 is 22.9 Å². The van der Waals surface area contributed by atoms with Gasteiger partial charge in [-0.05, 0) is 19.3 Å². The van der Waals surface area contributed by atoms with Crippen molar-refractivity contribution in [3.63, 3.8) is 0 Å². The van der Waals surface area contributed by atoms with Crippen LogP contribution in [-0.4, -0.2) is 58.4 Å². The fourth-order valence-electron chi connectivity index (χ4n) is 3.75. The van der Waals surface area contributed by atoms with Gasteiger partial charge in [0.1, 0.15) is 5.76 Å². The first-order chi connectivity index (χ1) is 13.1. The van der Waals surface area contributed by atoms with E-state index in [1.807, 2.05) is 20.8 Å². The monoisotopic (exact) mass is 397 g/mol. The van der Waals surface area contributed by atoms with E-state index in [1.54, 1.807) is 11.0 Å². The summed E-state index contributed by atoms with van der Waals surface area (Å²) in [5, 5.41) is 4.00. The minimum absolute atomic E-state index is 0.0292. The molecule has 2 saturated heterocycles. The summed E-state index contributed by atoms with van der Waals surface area (Å²) >= 11 is 0. The molecule has 156 valence electrons. The second-order valence-electron chi connectivity index (χ2n) is 8.91. The number of Topliss-reactive ketones (excluding diaryl/α,β-unsaturated/α-hetero) is 1. The number of hydrogen-bond donors (Lipinski definition) is 0. The predicted molar refractivity (Wildman–Crippen MR) is 99.4 cm³/mol. The number of rotatable bonds is 3. The fourth-order valence-corrected chi connectivity index (χ4v) is 3.75. The highest BCUT2D eigenvalue weighted by molar-refractivity contribution is 5.90. The van der Waals surface area contributed by atoms with Gasteiger partial charge in [-0.15, -0.1) is 0 Å². The van der Waals surface area contributed by atoms with Gasteiger partial charge in [-0.2, -0.15) is 0 Å². The number of alkyl halides is 2. The molecule has 28 heavy (non-hydrogen) atoms. The number of piperidine rings is 2. The third kappa shape index (κ3) is 4.70. The zero-order valence-electron chi connectivity index (χ0n) is 16.8. The smallest absolute Gasteiger partial charge is 0.320 e.